The zero-order valence-electron chi connectivity index (χ0n) is 17.3. The Morgan fingerprint density at radius 2 is 1.38 bits per heavy atom. The van der Waals surface area contributed by atoms with Gasteiger partial charge in [-0.3, -0.25) is 9.59 Å². The van der Waals surface area contributed by atoms with E-state index < -0.39 is 30.3 Å². The molecule has 3 aromatic carbocycles. The van der Waals surface area contributed by atoms with E-state index in [1.54, 1.807) is 12.1 Å². The van der Waals surface area contributed by atoms with E-state index in [1.807, 2.05) is 48.5 Å². The average Bonchev–Trinajstić information content (AvgIpc) is 2.82. The van der Waals surface area contributed by atoms with Crippen LogP contribution in [0.2, 0.25) is 0 Å². The smallest absolute Gasteiger partial charge is 0.329 e. The minimum Gasteiger partial charge on any atom is -0.508 e. The Balaban J connectivity index is 1.65. The minimum atomic E-state index is -1.25. The molecule has 7 nitrogen and oxygen atoms in total. The molecular weight excluding hydrogens is 410 g/mol. The Morgan fingerprint density at radius 3 is 1.97 bits per heavy atom. The lowest BCUT2D eigenvalue weighted by Gasteiger charge is -2.17. The summed E-state index contributed by atoms with van der Waals surface area (Å²) >= 11 is 0. The van der Waals surface area contributed by atoms with Gasteiger partial charge in [0.15, 0.2) is 0 Å². The van der Waals surface area contributed by atoms with Gasteiger partial charge in [-0.05, 0) is 29.3 Å². The molecule has 3 rings (SSSR count). The van der Waals surface area contributed by atoms with E-state index in [-0.39, 0.29) is 24.5 Å². The number of hydrogen-bond donors (Lipinski definition) is 2. The van der Waals surface area contributed by atoms with Crippen LogP contribution >= 0.6 is 0 Å². The van der Waals surface area contributed by atoms with Crippen LogP contribution in [0.5, 0.6) is 5.75 Å². The van der Waals surface area contributed by atoms with E-state index >= 15 is 0 Å². The number of hydrogen-bond acceptors (Lipinski definition) is 6. The van der Waals surface area contributed by atoms with Gasteiger partial charge in [0.1, 0.15) is 25.0 Å². The van der Waals surface area contributed by atoms with Gasteiger partial charge in [-0.1, -0.05) is 66.7 Å². The number of rotatable bonds is 9. The molecule has 0 aliphatic carbocycles. The highest BCUT2D eigenvalue weighted by Crippen LogP contribution is 2.12. The number of phenols is 1. The molecule has 0 saturated carbocycles. The quantitative estimate of drug-likeness (QED) is 0.502. The van der Waals surface area contributed by atoms with Gasteiger partial charge in [0.25, 0.3) is 5.91 Å². The predicted octanol–water partition coefficient (Wildman–Crippen LogP) is 3.37. The van der Waals surface area contributed by atoms with Crippen LogP contribution in [0.15, 0.2) is 84.9 Å². The molecule has 0 bridgehead atoms. The van der Waals surface area contributed by atoms with Crippen molar-refractivity contribution in [3.8, 4) is 5.75 Å². The Kier molecular flexibility index (Phi) is 7.97. The van der Waals surface area contributed by atoms with Crippen molar-refractivity contribution in [1.82, 2.24) is 5.32 Å². The number of phenolic OH excluding ortho intramolecular Hbond substituents is 1. The van der Waals surface area contributed by atoms with E-state index in [4.69, 9.17) is 9.47 Å². The van der Waals surface area contributed by atoms with Crippen LogP contribution in [-0.2, 0) is 32.3 Å². The van der Waals surface area contributed by atoms with Crippen molar-refractivity contribution in [3.63, 3.8) is 0 Å². The number of nitrogens with one attached hydrogen (secondary N) is 1. The summed E-state index contributed by atoms with van der Waals surface area (Å²) in [6.45, 7) is 0.0448. The molecular formula is C25H23NO6. The van der Waals surface area contributed by atoms with Crippen LogP contribution in [0, 0.1) is 0 Å². The van der Waals surface area contributed by atoms with E-state index in [0.29, 0.717) is 0 Å². The lowest BCUT2D eigenvalue weighted by molar-refractivity contribution is -0.153. The number of ether oxygens (including phenoxy) is 2. The maximum Gasteiger partial charge on any atom is 0.329 e. The van der Waals surface area contributed by atoms with Gasteiger partial charge < -0.3 is 19.9 Å². The molecule has 1 atom stereocenters. The van der Waals surface area contributed by atoms with Crippen LogP contribution in [0.3, 0.4) is 0 Å². The topological polar surface area (TPSA) is 102 Å². The molecule has 1 amide bonds. The third kappa shape index (κ3) is 6.98. The Hall–Kier alpha value is -4.13. The summed E-state index contributed by atoms with van der Waals surface area (Å²) in [6, 6.07) is 22.6. The Bertz CT molecular complexity index is 1050. The van der Waals surface area contributed by atoms with E-state index in [1.165, 1.54) is 24.3 Å². The van der Waals surface area contributed by atoms with Crippen LogP contribution in [-0.4, -0.2) is 29.0 Å². The lowest BCUT2D eigenvalue weighted by Crippen LogP contribution is -2.43. The van der Waals surface area contributed by atoms with Gasteiger partial charge in [-0.15, -0.1) is 0 Å². The molecule has 0 unspecified atom stereocenters. The standard InChI is InChI=1S/C25H23NO6/c27-21-13-7-12-20(14-21)24(29)26-22(25(30)32-17-19-10-5-2-6-11-19)15-23(28)31-16-18-8-3-1-4-9-18/h1-14,22,27H,15-17H2,(H,26,29)/t22-/m0/s1. The highest BCUT2D eigenvalue weighted by Gasteiger charge is 2.27. The van der Waals surface area contributed by atoms with Crippen molar-refractivity contribution >= 4 is 17.8 Å². The second-order valence-electron chi connectivity index (χ2n) is 7.02. The monoisotopic (exact) mass is 433 g/mol. The first-order valence-corrected chi connectivity index (χ1v) is 10.0. The van der Waals surface area contributed by atoms with Gasteiger partial charge in [0.2, 0.25) is 0 Å². The maximum atomic E-state index is 12.7. The zero-order valence-corrected chi connectivity index (χ0v) is 17.3. The summed E-state index contributed by atoms with van der Waals surface area (Å²) in [4.78, 5) is 37.6. The number of aromatic hydroxyl groups is 1. The first-order valence-electron chi connectivity index (χ1n) is 10.0. The molecule has 164 valence electrons. The molecule has 32 heavy (non-hydrogen) atoms. The minimum absolute atomic E-state index is 0.00275. The van der Waals surface area contributed by atoms with Gasteiger partial charge in [-0.25, -0.2) is 4.79 Å². The van der Waals surface area contributed by atoms with Gasteiger partial charge in [0.05, 0.1) is 6.42 Å². The normalized spacial score (nSPS) is 11.2. The molecule has 0 saturated heterocycles. The molecule has 7 heteroatoms. The van der Waals surface area contributed by atoms with Crippen molar-refractivity contribution in [2.45, 2.75) is 25.7 Å². The summed E-state index contributed by atoms with van der Waals surface area (Å²) in [5, 5.41) is 12.1. The van der Waals surface area contributed by atoms with Crippen molar-refractivity contribution in [2.75, 3.05) is 0 Å². The number of esters is 2. The van der Waals surface area contributed by atoms with Crippen molar-refractivity contribution in [3.05, 3.63) is 102 Å². The van der Waals surface area contributed by atoms with Crippen LogP contribution < -0.4 is 5.32 Å². The van der Waals surface area contributed by atoms with Crippen LogP contribution in [0.4, 0.5) is 0 Å². The van der Waals surface area contributed by atoms with Crippen LogP contribution in [0.25, 0.3) is 0 Å². The summed E-state index contributed by atoms with van der Waals surface area (Å²) in [5.41, 5.74) is 1.71. The summed E-state index contributed by atoms with van der Waals surface area (Å²) in [5.74, 6) is -2.15. The van der Waals surface area contributed by atoms with Crippen molar-refractivity contribution in [2.24, 2.45) is 0 Å². The second-order valence-corrected chi connectivity index (χ2v) is 7.02. The number of amides is 1. The Morgan fingerprint density at radius 1 is 0.781 bits per heavy atom. The van der Waals surface area contributed by atoms with Gasteiger partial charge >= 0.3 is 11.9 Å². The zero-order chi connectivity index (χ0) is 22.8. The van der Waals surface area contributed by atoms with E-state index in [2.05, 4.69) is 5.32 Å². The molecule has 0 aliphatic heterocycles. The highest BCUT2D eigenvalue weighted by atomic mass is 16.5. The highest BCUT2D eigenvalue weighted by molar-refractivity contribution is 5.97. The maximum absolute atomic E-state index is 12.7. The van der Waals surface area contributed by atoms with Crippen molar-refractivity contribution in [1.29, 1.82) is 0 Å². The number of carbonyl (C=O) groups is 3. The first kappa shape index (κ1) is 22.6. The predicted molar refractivity (Wildman–Crippen MR) is 116 cm³/mol. The average molecular weight is 433 g/mol. The third-order valence-corrected chi connectivity index (χ3v) is 4.54. The fourth-order valence-electron chi connectivity index (χ4n) is 2.87. The molecule has 2 N–H and O–H groups in total. The summed E-state index contributed by atoms with van der Waals surface area (Å²) in [7, 11) is 0. The summed E-state index contributed by atoms with van der Waals surface area (Å²) < 4.78 is 10.5. The molecule has 0 aliphatic rings. The number of benzene rings is 3. The summed E-state index contributed by atoms with van der Waals surface area (Å²) in [6.07, 6.45) is -0.398. The largest absolute Gasteiger partial charge is 0.508 e. The van der Waals surface area contributed by atoms with Crippen LogP contribution in [0.1, 0.15) is 27.9 Å². The molecule has 3 aromatic rings. The Labute approximate surface area is 185 Å². The first-order chi connectivity index (χ1) is 15.5. The fourth-order valence-corrected chi connectivity index (χ4v) is 2.87. The van der Waals surface area contributed by atoms with Crippen molar-refractivity contribution < 1.29 is 29.0 Å². The van der Waals surface area contributed by atoms with Gasteiger partial charge in [-0.2, -0.15) is 0 Å². The fraction of sp³-hybridized carbons (Fsp3) is 0.160. The lowest BCUT2D eigenvalue weighted by atomic mass is 10.1. The molecule has 0 heterocycles. The third-order valence-electron chi connectivity index (χ3n) is 4.54. The molecule has 0 aromatic heterocycles. The molecule has 0 fully saturated rings. The second kappa shape index (κ2) is 11.3. The SMILES string of the molecule is O=C(C[C@H](NC(=O)c1cccc(O)c1)C(=O)OCc1ccccc1)OCc1ccccc1. The van der Waals surface area contributed by atoms with E-state index in [9.17, 15) is 19.5 Å². The van der Waals surface area contributed by atoms with Gasteiger partial charge in [0, 0.05) is 5.56 Å². The number of carbonyl (C=O) groups excluding carboxylic acids is 3. The van der Waals surface area contributed by atoms with E-state index in [0.717, 1.165) is 11.1 Å². The molecule has 0 radical (unpaired) electrons. The molecule has 0 spiro atoms.